The standard InChI is InChI=1S/C16H36NOP/c1-13(9-15(3,4)5)11-19(17,18)12-14(2)10-16(6,7)8/h13-14H,9-12H2,1-8H3,(H2,17,18). The first-order valence-corrected chi connectivity index (χ1v) is 9.71. The number of hydrogen-bond acceptors (Lipinski definition) is 1. The predicted octanol–water partition coefficient (Wildman–Crippen LogP) is 5.37. The molecule has 0 rings (SSSR count). The van der Waals surface area contributed by atoms with Crippen LogP contribution in [0, 0.1) is 22.7 Å². The maximum Gasteiger partial charge on any atom is 0.145 e. The van der Waals surface area contributed by atoms with E-state index >= 15 is 0 Å². The Morgan fingerprint density at radius 2 is 1.11 bits per heavy atom. The van der Waals surface area contributed by atoms with E-state index in [0.29, 0.717) is 24.2 Å². The first-order chi connectivity index (χ1) is 8.20. The van der Waals surface area contributed by atoms with Crippen molar-refractivity contribution in [3.8, 4) is 0 Å². The minimum absolute atomic E-state index is 0.288. The normalized spacial score (nSPS) is 19.8. The summed E-state index contributed by atoms with van der Waals surface area (Å²) in [6.07, 6.45) is 3.56. The van der Waals surface area contributed by atoms with Crippen molar-refractivity contribution in [3.63, 3.8) is 0 Å². The van der Waals surface area contributed by atoms with Gasteiger partial charge in [-0.2, -0.15) is 0 Å². The van der Waals surface area contributed by atoms with Crippen LogP contribution in [0.5, 0.6) is 0 Å². The van der Waals surface area contributed by atoms with Crippen molar-refractivity contribution in [2.45, 2.75) is 68.2 Å². The van der Waals surface area contributed by atoms with Gasteiger partial charge in [-0.3, -0.25) is 5.50 Å². The van der Waals surface area contributed by atoms with E-state index in [-0.39, 0.29) is 10.8 Å². The molecule has 2 unspecified atom stereocenters. The molecule has 0 aromatic heterocycles. The molecule has 19 heavy (non-hydrogen) atoms. The molecule has 0 amide bonds. The summed E-state index contributed by atoms with van der Waals surface area (Å²) < 4.78 is 12.6. The predicted molar refractivity (Wildman–Crippen MR) is 88.0 cm³/mol. The Morgan fingerprint density at radius 1 is 0.842 bits per heavy atom. The topological polar surface area (TPSA) is 43.1 Å². The van der Waals surface area contributed by atoms with Crippen molar-refractivity contribution >= 4 is 7.29 Å². The van der Waals surface area contributed by atoms with Crippen molar-refractivity contribution in [1.82, 2.24) is 0 Å². The van der Waals surface area contributed by atoms with Gasteiger partial charge in [-0.25, -0.2) is 0 Å². The van der Waals surface area contributed by atoms with Crippen LogP contribution >= 0.6 is 7.29 Å². The summed E-state index contributed by atoms with van der Waals surface area (Å²) in [7, 11) is -2.48. The minimum Gasteiger partial charge on any atom is -0.307 e. The molecule has 3 heteroatoms. The Labute approximate surface area is 121 Å². The average Bonchev–Trinajstić information content (AvgIpc) is 1.89. The highest BCUT2D eigenvalue weighted by Gasteiger charge is 2.27. The molecular weight excluding hydrogens is 253 g/mol. The van der Waals surface area contributed by atoms with E-state index in [4.69, 9.17) is 5.50 Å². The molecule has 2 atom stereocenters. The molecule has 116 valence electrons. The number of nitrogens with two attached hydrogens (primary N) is 1. The molecular formula is C16H36NOP. The Hall–Kier alpha value is 0.190. The molecule has 2 nitrogen and oxygen atoms in total. The van der Waals surface area contributed by atoms with Crippen molar-refractivity contribution in [2.24, 2.45) is 28.2 Å². The fourth-order valence-corrected chi connectivity index (χ4v) is 5.87. The highest BCUT2D eigenvalue weighted by Crippen LogP contribution is 2.44. The van der Waals surface area contributed by atoms with Gasteiger partial charge in [0.25, 0.3) is 0 Å². The lowest BCUT2D eigenvalue weighted by molar-refractivity contribution is 0.315. The van der Waals surface area contributed by atoms with Gasteiger partial charge in [0, 0.05) is 12.3 Å². The van der Waals surface area contributed by atoms with E-state index < -0.39 is 7.29 Å². The van der Waals surface area contributed by atoms with Gasteiger partial charge in [-0.15, -0.1) is 0 Å². The van der Waals surface area contributed by atoms with E-state index in [2.05, 4.69) is 55.4 Å². The van der Waals surface area contributed by atoms with Crippen LogP contribution < -0.4 is 5.50 Å². The lowest BCUT2D eigenvalue weighted by Crippen LogP contribution is -2.21. The number of hydrogen-bond donors (Lipinski definition) is 1. The Balaban J connectivity index is 4.36. The Morgan fingerprint density at radius 3 is 1.32 bits per heavy atom. The maximum atomic E-state index is 12.6. The Kier molecular flexibility index (Phi) is 6.83. The molecule has 0 radical (unpaired) electrons. The van der Waals surface area contributed by atoms with Crippen molar-refractivity contribution in [2.75, 3.05) is 12.3 Å². The molecule has 0 spiro atoms. The van der Waals surface area contributed by atoms with E-state index in [1.807, 2.05) is 0 Å². The van der Waals surface area contributed by atoms with Gasteiger partial charge >= 0.3 is 0 Å². The van der Waals surface area contributed by atoms with Crippen molar-refractivity contribution in [3.05, 3.63) is 0 Å². The summed E-state index contributed by atoms with van der Waals surface area (Å²) in [5.74, 6) is 0.885. The third-order valence-corrected chi connectivity index (χ3v) is 5.65. The molecule has 0 aliphatic rings. The van der Waals surface area contributed by atoms with Crippen molar-refractivity contribution in [1.29, 1.82) is 0 Å². The van der Waals surface area contributed by atoms with Gasteiger partial charge in [0.2, 0.25) is 0 Å². The second-order valence-electron chi connectivity index (χ2n) is 9.06. The molecule has 0 saturated carbocycles. The summed E-state index contributed by atoms with van der Waals surface area (Å²) >= 11 is 0. The van der Waals surface area contributed by atoms with Crippen molar-refractivity contribution < 1.29 is 4.57 Å². The van der Waals surface area contributed by atoms with Gasteiger partial charge in [-0.05, 0) is 35.5 Å². The molecule has 0 saturated heterocycles. The summed E-state index contributed by atoms with van der Waals surface area (Å²) in [6, 6.07) is 0. The van der Waals surface area contributed by atoms with E-state index in [1.165, 1.54) is 0 Å². The average molecular weight is 289 g/mol. The SMILES string of the molecule is CC(CC(C)(C)C)CP(N)(=O)CC(C)CC(C)(C)C. The largest absolute Gasteiger partial charge is 0.307 e. The molecule has 0 aliphatic carbocycles. The molecule has 0 bridgehead atoms. The van der Waals surface area contributed by atoms with Crippen LogP contribution in [-0.2, 0) is 4.57 Å². The second-order valence-corrected chi connectivity index (χ2v) is 11.7. The van der Waals surface area contributed by atoms with Gasteiger partial charge in [0.05, 0.1) is 0 Å². The smallest absolute Gasteiger partial charge is 0.145 e. The van der Waals surface area contributed by atoms with E-state index in [0.717, 1.165) is 12.8 Å². The van der Waals surface area contributed by atoms with Crippen LogP contribution in [0.15, 0.2) is 0 Å². The van der Waals surface area contributed by atoms with E-state index in [9.17, 15) is 4.57 Å². The lowest BCUT2D eigenvalue weighted by atomic mass is 9.86. The van der Waals surface area contributed by atoms with Gasteiger partial charge in [-0.1, -0.05) is 55.4 Å². The first-order valence-electron chi connectivity index (χ1n) is 7.57. The van der Waals surface area contributed by atoms with Gasteiger partial charge < -0.3 is 4.57 Å². The minimum atomic E-state index is -2.48. The van der Waals surface area contributed by atoms with Crippen LogP contribution in [0.1, 0.15) is 68.2 Å². The highest BCUT2D eigenvalue weighted by atomic mass is 31.2. The monoisotopic (exact) mass is 289 g/mol. The first kappa shape index (κ1) is 19.2. The fraction of sp³-hybridized carbons (Fsp3) is 1.00. The molecule has 0 aromatic rings. The van der Waals surface area contributed by atoms with Gasteiger partial charge in [0.15, 0.2) is 0 Å². The number of rotatable bonds is 6. The molecule has 0 aromatic carbocycles. The Bertz CT molecular complexity index is 284. The maximum absolute atomic E-state index is 12.6. The van der Waals surface area contributed by atoms with Crippen LogP contribution in [0.2, 0.25) is 0 Å². The lowest BCUT2D eigenvalue weighted by Gasteiger charge is -2.28. The highest BCUT2D eigenvalue weighted by molar-refractivity contribution is 7.61. The third kappa shape index (κ3) is 11.7. The van der Waals surface area contributed by atoms with Crippen LogP contribution in [0.25, 0.3) is 0 Å². The fourth-order valence-electron chi connectivity index (χ4n) is 3.35. The summed E-state index contributed by atoms with van der Waals surface area (Å²) in [5.41, 5.74) is 6.69. The summed E-state index contributed by atoms with van der Waals surface area (Å²) in [5, 5.41) is 0. The summed E-state index contributed by atoms with van der Waals surface area (Å²) in [4.78, 5) is 0. The van der Waals surface area contributed by atoms with Crippen LogP contribution in [0.4, 0.5) is 0 Å². The quantitative estimate of drug-likeness (QED) is 0.668. The zero-order valence-corrected chi connectivity index (χ0v) is 15.3. The summed E-state index contributed by atoms with van der Waals surface area (Å²) in [6.45, 7) is 17.7. The van der Waals surface area contributed by atoms with Crippen LogP contribution in [0.3, 0.4) is 0 Å². The third-order valence-electron chi connectivity index (χ3n) is 3.16. The zero-order valence-electron chi connectivity index (χ0n) is 14.4. The molecule has 0 aliphatic heterocycles. The van der Waals surface area contributed by atoms with E-state index in [1.54, 1.807) is 0 Å². The zero-order chi connectivity index (χ0) is 15.5. The second kappa shape index (κ2) is 6.76. The van der Waals surface area contributed by atoms with Gasteiger partial charge in [0.1, 0.15) is 7.29 Å². The van der Waals surface area contributed by atoms with Crippen LogP contribution in [-0.4, -0.2) is 12.3 Å². The molecule has 2 N–H and O–H groups in total. The molecule has 0 fully saturated rings. The molecule has 0 heterocycles.